The van der Waals surface area contributed by atoms with Gasteiger partial charge in [0.25, 0.3) is 5.91 Å². The van der Waals surface area contributed by atoms with Gasteiger partial charge in [0.2, 0.25) is 0 Å². The van der Waals surface area contributed by atoms with Crippen molar-refractivity contribution in [1.82, 2.24) is 5.32 Å². The molecule has 5 rings (SSSR count). The van der Waals surface area contributed by atoms with Crippen LogP contribution >= 0.6 is 0 Å². The summed E-state index contributed by atoms with van der Waals surface area (Å²) in [6.45, 7) is 2.10. The number of carbonyl (C=O) groups excluding carboxylic acids is 1. The zero-order valence-electron chi connectivity index (χ0n) is 12.0. The number of nitrogens with two attached hydrogens (primary N) is 1. The van der Waals surface area contributed by atoms with Gasteiger partial charge in [-0.25, -0.2) is 0 Å². The van der Waals surface area contributed by atoms with E-state index in [0.717, 1.165) is 29.7 Å². The van der Waals surface area contributed by atoms with Gasteiger partial charge in [-0.1, -0.05) is 0 Å². The minimum atomic E-state index is 0.114. The molecule has 5 fully saturated rings. The summed E-state index contributed by atoms with van der Waals surface area (Å²) < 4.78 is 0. The van der Waals surface area contributed by atoms with Crippen molar-refractivity contribution in [3.63, 3.8) is 0 Å². The van der Waals surface area contributed by atoms with Gasteiger partial charge in [-0.05, 0) is 63.7 Å². The first kappa shape index (κ1) is 12.2. The Labute approximate surface area is 115 Å². The molecule has 5 saturated carbocycles. The molecule has 19 heavy (non-hydrogen) atoms. The van der Waals surface area contributed by atoms with Crippen molar-refractivity contribution in [3.05, 3.63) is 0 Å². The minimum absolute atomic E-state index is 0.114. The molecule has 0 spiro atoms. The zero-order valence-corrected chi connectivity index (χ0v) is 12.0. The average Bonchev–Trinajstić information content (AvgIpc) is 3.16. The molecule has 4 bridgehead atoms. The number of quaternary nitrogens is 1. The standard InChI is InChI=1S/C16H26N2O/c1-9(16(19)18-14-2-3-14)17-15-12-5-10-4-11(7-12)8-13(15)6-10/h9-15,17H,2-8H2,1H3,(H,18,19)/p+1/t9-,10?,11?,12?,13?,15?/m0/s1. The normalized spacial score (nSPS) is 45.2. The number of rotatable bonds is 4. The molecule has 106 valence electrons. The van der Waals surface area contributed by atoms with Crippen LogP contribution in [-0.2, 0) is 4.79 Å². The van der Waals surface area contributed by atoms with E-state index in [-0.39, 0.29) is 11.9 Å². The van der Waals surface area contributed by atoms with Gasteiger partial charge < -0.3 is 10.6 Å². The van der Waals surface area contributed by atoms with Gasteiger partial charge in [0.15, 0.2) is 6.04 Å². The first-order chi connectivity index (χ1) is 9.19. The molecule has 0 unspecified atom stereocenters. The van der Waals surface area contributed by atoms with Gasteiger partial charge in [0, 0.05) is 17.9 Å². The first-order valence-electron chi connectivity index (χ1n) is 8.34. The maximum absolute atomic E-state index is 12.1. The maximum atomic E-state index is 12.1. The lowest BCUT2D eigenvalue weighted by atomic mass is 9.54. The number of hydrogen-bond acceptors (Lipinski definition) is 1. The molecule has 0 aromatic carbocycles. The minimum Gasteiger partial charge on any atom is -0.348 e. The highest BCUT2D eigenvalue weighted by molar-refractivity contribution is 5.80. The van der Waals surface area contributed by atoms with Gasteiger partial charge in [-0.3, -0.25) is 4.79 Å². The Morgan fingerprint density at radius 2 is 1.63 bits per heavy atom. The lowest BCUT2D eigenvalue weighted by Gasteiger charge is -2.53. The van der Waals surface area contributed by atoms with E-state index in [0.29, 0.717) is 6.04 Å². The summed E-state index contributed by atoms with van der Waals surface area (Å²) in [5.41, 5.74) is 0. The molecule has 0 saturated heterocycles. The van der Waals surface area contributed by atoms with E-state index in [1.807, 2.05) is 0 Å². The number of hydrogen-bond donors (Lipinski definition) is 2. The van der Waals surface area contributed by atoms with E-state index in [1.54, 1.807) is 0 Å². The monoisotopic (exact) mass is 263 g/mol. The van der Waals surface area contributed by atoms with Crippen LogP contribution in [0.3, 0.4) is 0 Å². The fourth-order valence-corrected chi connectivity index (χ4v) is 5.26. The van der Waals surface area contributed by atoms with Crippen LogP contribution in [-0.4, -0.2) is 24.0 Å². The predicted molar refractivity (Wildman–Crippen MR) is 73.4 cm³/mol. The Morgan fingerprint density at radius 1 is 1.05 bits per heavy atom. The summed E-state index contributed by atoms with van der Waals surface area (Å²) in [7, 11) is 0. The summed E-state index contributed by atoms with van der Waals surface area (Å²) in [4.78, 5) is 12.1. The number of amides is 1. The maximum Gasteiger partial charge on any atom is 0.278 e. The topological polar surface area (TPSA) is 45.7 Å². The van der Waals surface area contributed by atoms with Gasteiger partial charge in [0.1, 0.15) is 0 Å². The van der Waals surface area contributed by atoms with Crippen LogP contribution in [0.5, 0.6) is 0 Å². The van der Waals surface area contributed by atoms with E-state index in [2.05, 4.69) is 17.6 Å². The summed E-state index contributed by atoms with van der Waals surface area (Å²) in [5, 5.41) is 5.58. The fourth-order valence-electron chi connectivity index (χ4n) is 5.26. The molecule has 3 nitrogen and oxygen atoms in total. The lowest BCUT2D eigenvalue weighted by Crippen LogP contribution is -3.00. The summed E-state index contributed by atoms with van der Waals surface area (Å²) in [6, 6.07) is 1.36. The summed E-state index contributed by atoms with van der Waals surface area (Å²) in [5.74, 6) is 4.15. The largest absolute Gasteiger partial charge is 0.348 e. The molecule has 0 heterocycles. The van der Waals surface area contributed by atoms with Crippen molar-refractivity contribution >= 4 is 5.91 Å². The SMILES string of the molecule is C[C@H]([NH2+]C1C2CC3CC(C2)CC1C3)C(=O)NC1CC1. The highest BCUT2D eigenvalue weighted by atomic mass is 16.2. The third-order valence-electron chi connectivity index (χ3n) is 6.15. The van der Waals surface area contributed by atoms with E-state index in [4.69, 9.17) is 0 Å². The molecular formula is C16H27N2O+. The van der Waals surface area contributed by atoms with Crippen LogP contribution in [0, 0.1) is 23.7 Å². The second kappa shape index (κ2) is 4.47. The lowest BCUT2D eigenvalue weighted by molar-refractivity contribution is -0.725. The number of nitrogens with one attached hydrogen (secondary N) is 1. The Kier molecular flexibility index (Phi) is 2.87. The van der Waals surface area contributed by atoms with E-state index < -0.39 is 0 Å². The average molecular weight is 263 g/mol. The predicted octanol–water partition coefficient (Wildman–Crippen LogP) is 1.04. The van der Waals surface area contributed by atoms with Crippen molar-refractivity contribution in [2.45, 2.75) is 70.0 Å². The zero-order chi connectivity index (χ0) is 13.0. The van der Waals surface area contributed by atoms with Gasteiger partial charge in [-0.15, -0.1) is 0 Å². The molecule has 0 aliphatic heterocycles. The third-order valence-corrected chi connectivity index (χ3v) is 6.15. The van der Waals surface area contributed by atoms with Crippen LogP contribution in [0.4, 0.5) is 0 Å². The molecule has 1 atom stereocenters. The Hall–Kier alpha value is -0.570. The van der Waals surface area contributed by atoms with Gasteiger partial charge >= 0.3 is 0 Å². The van der Waals surface area contributed by atoms with Crippen molar-refractivity contribution in [3.8, 4) is 0 Å². The highest BCUT2D eigenvalue weighted by Crippen LogP contribution is 2.52. The fraction of sp³-hybridized carbons (Fsp3) is 0.938. The Bertz CT molecular complexity index is 349. The van der Waals surface area contributed by atoms with Crippen molar-refractivity contribution in [2.24, 2.45) is 23.7 Å². The van der Waals surface area contributed by atoms with E-state index in [1.165, 1.54) is 44.9 Å². The summed E-state index contributed by atoms with van der Waals surface area (Å²) in [6.07, 6.45) is 9.69. The molecule has 0 aromatic rings. The molecule has 0 radical (unpaired) electrons. The molecule has 0 aromatic heterocycles. The van der Waals surface area contributed by atoms with Crippen molar-refractivity contribution in [2.75, 3.05) is 0 Å². The highest BCUT2D eigenvalue weighted by Gasteiger charge is 2.50. The molecule has 5 aliphatic carbocycles. The van der Waals surface area contributed by atoms with Crippen LogP contribution in [0.25, 0.3) is 0 Å². The first-order valence-corrected chi connectivity index (χ1v) is 8.34. The smallest absolute Gasteiger partial charge is 0.278 e. The van der Waals surface area contributed by atoms with Crippen molar-refractivity contribution in [1.29, 1.82) is 0 Å². The second-order valence-corrected chi connectivity index (χ2v) is 7.77. The van der Waals surface area contributed by atoms with Gasteiger partial charge in [0.05, 0.1) is 6.04 Å². The number of carbonyl (C=O) groups is 1. The van der Waals surface area contributed by atoms with Crippen LogP contribution in [0.2, 0.25) is 0 Å². The summed E-state index contributed by atoms with van der Waals surface area (Å²) >= 11 is 0. The Balaban J connectivity index is 1.38. The van der Waals surface area contributed by atoms with Crippen LogP contribution in [0.15, 0.2) is 0 Å². The van der Waals surface area contributed by atoms with E-state index >= 15 is 0 Å². The third kappa shape index (κ3) is 2.31. The molecule has 3 N–H and O–H groups in total. The molecular weight excluding hydrogens is 236 g/mol. The quantitative estimate of drug-likeness (QED) is 0.782. The van der Waals surface area contributed by atoms with Crippen LogP contribution in [0.1, 0.15) is 51.9 Å². The molecule has 1 amide bonds. The second-order valence-electron chi connectivity index (χ2n) is 7.77. The Morgan fingerprint density at radius 3 is 2.16 bits per heavy atom. The molecule has 5 aliphatic rings. The van der Waals surface area contributed by atoms with Crippen molar-refractivity contribution < 1.29 is 10.1 Å². The van der Waals surface area contributed by atoms with Crippen LogP contribution < -0.4 is 10.6 Å². The van der Waals surface area contributed by atoms with E-state index in [9.17, 15) is 4.79 Å². The van der Waals surface area contributed by atoms with Gasteiger partial charge in [-0.2, -0.15) is 0 Å². The molecule has 3 heteroatoms.